The number of hydrogen-bond donors (Lipinski definition) is 1. The molecule has 3 unspecified atom stereocenters. The highest BCUT2D eigenvalue weighted by atomic mass is 16.5. The Morgan fingerprint density at radius 3 is 2.72 bits per heavy atom. The van der Waals surface area contributed by atoms with Crippen molar-refractivity contribution >= 4 is 0 Å². The molecule has 1 aromatic heterocycles. The molecule has 1 rings (SSSR count). The maximum atomic E-state index is 6.13. The molecule has 102 valence electrons. The Labute approximate surface area is 110 Å². The van der Waals surface area contributed by atoms with E-state index in [1.807, 2.05) is 32.2 Å². The molecule has 0 aliphatic heterocycles. The Bertz CT molecular complexity index is 319. The van der Waals surface area contributed by atoms with Gasteiger partial charge < -0.3 is 15.2 Å². The fraction of sp³-hybridized carbons (Fsp3) is 0.643. The van der Waals surface area contributed by atoms with Gasteiger partial charge in [-0.25, -0.2) is 0 Å². The highest BCUT2D eigenvalue weighted by molar-refractivity contribution is 5.14. The molecule has 4 heteroatoms. The van der Waals surface area contributed by atoms with E-state index in [2.05, 4.69) is 11.9 Å². The number of ether oxygens (including phenoxy) is 2. The van der Waals surface area contributed by atoms with Crippen LogP contribution in [0.3, 0.4) is 0 Å². The molecule has 0 radical (unpaired) electrons. The fourth-order valence-corrected chi connectivity index (χ4v) is 1.76. The van der Waals surface area contributed by atoms with Crippen LogP contribution in [-0.2, 0) is 9.47 Å². The van der Waals surface area contributed by atoms with E-state index in [4.69, 9.17) is 15.2 Å². The maximum Gasteiger partial charge on any atom is 0.0995 e. The molecule has 0 bridgehead atoms. The molecule has 0 fully saturated rings. The SMILES string of the molecule is CCOCC(C)OC(c1cccnc1)C(N)CC. The van der Waals surface area contributed by atoms with Crippen LogP contribution in [0.25, 0.3) is 0 Å². The maximum absolute atomic E-state index is 6.13. The first-order chi connectivity index (χ1) is 8.69. The first-order valence-electron chi connectivity index (χ1n) is 6.57. The van der Waals surface area contributed by atoms with E-state index in [0.717, 1.165) is 12.0 Å². The lowest BCUT2D eigenvalue weighted by Crippen LogP contribution is -2.33. The summed E-state index contributed by atoms with van der Waals surface area (Å²) in [5.41, 5.74) is 7.16. The van der Waals surface area contributed by atoms with Crippen molar-refractivity contribution in [2.75, 3.05) is 13.2 Å². The topological polar surface area (TPSA) is 57.4 Å². The van der Waals surface area contributed by atoms with E-state index >= 15 is 0 Å². The molecule has 0 aromatic carbocycles. The highest BCUT2D eigenvalue weighted by Crippen LogP contribution is 2.23. The monoisotopic (exact) mass is 252 g/mol. The molecule has 0 saturated heterocycles. The van der Waals surface area contributed by atoms with Gasteiger partial charge in [0.25, 0.3) is 0 Å². The van der Waals surface area contributed by atoms with Crippen molar-refractivity contribution in [1.82, 2.24) is 4.98 Å². The van der Waals surface area contributed by atoms with Crippen molar-refractivity contribution in [3.05, 3.63) is 30.1 Å². The molecule has 0 aliphatic rings. The lowest BCUT2D eigenvalue weighted by molar-refractivity contribution is -0.0575. The number of nitrogens with two attached hydrogens (primary N) is 1. The third kappa shape index (κ3) is 4.72. The second-order valence-electron chi connectivity index (χ2n) is 4.39. The van der Waals surface area contributed by atoms with Gasteiger partial charge in [-0.1, -0.05) is 13.0 Å². The predicted octanol–water partition coefficient (Wildman–Crippen LogP) is 2.30. The van der Waals surface area contributed by atoms with Gasteiger partial charge in [0.05, 0.1) is 18.8 Å². The molecular weight excluding hydrogens is 228 g/mol. The Morgan fingerprint density at radius 2 is 2.17 bits per heavy atom. The van der Waals surface area contributed by atoms with E-state index in [9.17, 15) is 0 Å². The average Bonchev–Trinajstić information content (AvgIpc) is 2.42. The van der Waals surface area contributed by atoms with Crippen LogP contribution < -0.4 is 5.73 Å². The van der Waals surface area contributed by atoms with Gasteiger partial charge in [0, 0.05) is 30.6 Å². The predicted molar refractivity (Wildman–Crippen MR) is 72.3 cm³/mol. The van der Waals surface area contributed by atoms with Gasteiger partial charge in [-0.2, -0.15) is 0 Å². The van der Waals surface area contributed by atoms with Crippen LogP contribution in [0.5, 0.6) is 0 Å². The summed E-state index contributed by atoms with van der Waals surface area (Å²) in [6, 6.07) is 3.88. The molecular formula is C14H24N2O2. The summed E-state index contributed by atoms with van der Waals surface area (Å²) in [6.45, 7) is 7.32. The Balaban J connectivity index is 2.68. The van der Waals surface area contributed by atoms with Crippen molar-refractivity contribution in [1.29, 1.82) is 0 Å². The summed E-state index contributed by atoms with van der Waals surface area (Å²) in [7, 11) is 0. The lowest BCUT2D eigenvalue weighted by atomic mass is 10.0. The average molecular weight is 252 g/mol. The summed E-state index contributed by atoms with van der Waals surface area (Å²) < 4.78 is 11.4. The molecule has 3 atom stereocenters. The molecule has 0 amide bonds. The van der Waals surface area contributed by atoms with Gasteiger partial charge in [0.15, 0.2) is 0 Å². The summed E-state index contributed by atoms with van der Waals surface area (Å²) in [5.74, 6) is 0. The van der Waals surface area contributed by atoms with Gasteiger partial charge in [0.2, 0.25) is 0 Å². The van der Waals surface area contributed by atoms with Gasteiger partial charge in [-0.15, -0.1) is 0 Å². The molecule has 1 heterocycles. The van der Waals surface area contributed by atoms with Crippen molar-refractivity contribution in [2.24, 2.45) is 5.73 Å². The first-order valence-corrected chi connectivity index (χ1v) is 6.57. The van der Waals surface area contributed by atoms with Crippen LogP contribution in [0.4, 0.5) is 0 Å². The van der Waals surface area contributed by atoms with Crippen molar-refractivity contribution in [3.63, 3.8) is 0 Å². The van der Waals surface area contributed by atoms with E-state index in [1.165, 1.54) is 0 Å². The van der Waals surface area contributed by atoms with E-state index in [1.54, 1.807) is 6.20 Å². The minimum atomic E-state index is -0.126. The van der Waals surface area contributed by atoms with Crippen LogP contribution in [0.2, 0.25) is 0 Å². The van der Waals surface area contributed by atoms with E-state index in [0.29, 0.717) is 13.2 Å². The lowest BCUT2D eigenvalue weighted by Gasteiger charge is -2.27. The normalized spacial score (nSPS) is 16.2. The van der Waals surface area contributed by atoms with E-state index in [-0.39, 0.29) is 18.2 Å². The minimum Gasteiger partial charge on any atom is -0.379 e. The number of rotatable bonds is 8. The van der Waals surface area contributed by atoms with Crippen LogP contribution in [0, 0.1) is 0 Å². The summed E-state index contributed by atoms with van der Waals surface area (Å²) in [4.78, 5) is 4.12. The summed E-state index contributed by atoms with van der Waals surface area (Å²) in [6.07, 6.45) is 4.32. The van der Waals surface area contributed by atoms with Gasteiger partial charge in [0.1, 0.15) is 0 Å². The number of pyridine rings is 1. The molecule has 4 nitrogen and oxygen atoms in total. The zero-order valence-corrected chi connectivity index (χ0v) is 11.5. The molecule has 0 aliphatic carbocycles. The Hall–Kier alpha value is -0.970. The van der Waals surface area contributed by atoms with E-state index < -0.39 is 0 Å². The number of aromatic nitrogens is 1. The van der Waals surface area contributed by atoms with Crippen molar-refractivity contribution in [2.45, 2.75) is 45.4 Å². The molecule has 0 spiro atoms. The number of hydrogen-bond acceptors (Lipinski definition) is 4. The second kappa shape index (κ2) is 8.19. The number of nitrogens with zero attached hydrogens (tertiary/aromatic N) is 1. The third-order valence-corrected chi connectivity index (χ3v) is 2.81. The van der Waals surface area contributed by atoms with Crippen LogP contribution >= 0.6 is 0 Å². The molecule has 2 N–H and O–H groups in total. The zero-order chi connectivity index (χ0) is 13.4. The van der Waals surface area contributed by atoms with Gasteiger partial charge in [-0.3, -0.25) is 4.98 Å². The van der Waals surface area contributed by atoms with Crippen molar-refractivity contribution in [3.8, 4) is 0 Å². The first kappa shape index (κ1) is 15.1. The fourth-order valence-electron chi connectivity index (χ4n) is 1.76. The van der Waals surface area contributed by atoms with Crippen LogP contribution in [-0.4, -0.2) is 30.3 Å². The smallest absolute Gasteiger partial charge is 0.0995 e. The summed E-state index contributed by atoms with van der Waals surface area (Å²) in [5, 5.41) is 0. The van der Waals surface area contributed by atoms with Gasteiger partial charge in [-0.05, 0) is 26.3 Å². The second-order valence-corrected chi connectivity index (χ2v) is 4.39. The molecule has 1 aromatic rings. The largest absolute Gasteiger partial charge is 0.379 e. The standard InChI is InChI=1S/C14H24N2O2/c1-4-13(15)14(12-7-6-8-16-9-12)18-11(3)10-17-5-2/h6-9,11,13-14H,4-5,10,15H2,1-3H3. The van der Waals surface area contributed by atoms with Crippen LogP contribution in [0.1, 0.15) is 38.9 Å². The summed E-state index contributed by atoms with van der Waals surface area (Å²) >= 11 is 0. The van der Waals surface area contributed by atoms with Crippen molar-refractivity contribution < 1.29 is 9.47 Å². The van der Waals surface area contributed by atoms with Gasteiger partial charge >= 0.3 is 0 Å². The Kier molecular flexibility index (Phi) is 6.86. The Morgan fingerprint density at radius 1 is 1.39 bits per heavy atom. The quantitative estimate of drug-likeness (QED) is 0.771. The van der Waals surface area contributed by atoms with Crippen LogP contribution in [0.15, 0.2) is 24.5 Å². The third-order valence-electron chi connectivity index (χ3n) is 2.81. The molecule has 0 saturated carbocycles. The molecule has 18 heavy (non-hydrogen) atoms. The minimum absolute atomic E-state index is 0.0211. The zero-order valence-electron chi connectivity index (χ0n) is 11.5. The highest BCUT2D eigenvalue weighted by Gasteiger charge is 2.21.